The highest BCUT2D eigenvalue weighted by Crippen LogP contribution is 2.38. The highest BCUT2D eigenvalue weighted by Gasteiger charge is 2.29. The van der Waals surface area contributed by atoms with Gasteiger partial charge in [0.05, 0.1) is 15.6 Å². The Morgan fingerprint density at radius 2 is 1.83 bits per heavy atom. The molecule has 3 aromatic rings. The molecule has 1 aliphatic heterocycles. The van der Waals surface area contributed by atoms with E-state index in [1.807, 2.05) is 4.90 Å². The zero-order valence-electron chi connectivity index (χ0n) is 15.7. The summed E-state index contributed by atoms with van der Waals surface area (Å²) < 4.78 is 54.7. The third kappa shape index (κ3) is 3.57. The highest BCUT2D eigenvalue weighted by molar-refractivity contribution is 7.91. The first-order valence-electron chi connectivity index (χ1n) is 9.31. The molecule has 8 heteroatoms. The molecule has 1 saturated heterocycles. The first-order valence-corrected chi connectivity index (χ1v) is 11.2. The van der Waals surface area contributed by atoms with Crippen LogP contribution in [0.4, 0.5) is 14.5 Å². The SMILES string of the molecule is CC1CCN(c2c(S(=O)(=O)c3ccc(F)c(Cl)c3)cnc3c(F)cccc23)CC1. The Hall–Kier alpha value is -2.25. The van der Waals surface area contributed by atoms with E-state index in [-0.39, 0.29) is 20.3 Å². The first kappa shape index (κ1) is 20.0. The van der Waals surface area contributed by atoms with Crippen molar-refractivity contribution in [3.63, 3.8) is 0 Å². The minimum atomic E-state index is -4.05. The maximum atomic E-state index is 14.4. The van der Waals surface area contributed by atoms with Crippen molar-refractivity contribution in [3.05, 3.63) is 59.3 Å². The van der Waals surface area contributed by atoms with Crippen LogP contribution < -0.4 is 4.90 Å². The Kier molecular flexibility index (Phi) is 5.21. The van der Waals surface area contributed by atoms with Crippen LogP contribution in [0.1, 0.15) is 19.8 Å². The maximum Gasteiger partial charge on any atom is 0.210 e. The molecule has 1 aliphatic rings. The summed E-state index contributed by atoms with van der Waals surface area (Å²) in [4.78, 5) is 5.90. The molecule has 0 spiro atoms. The lowest BCUT2D eigenvalue weighted by Crippen LogP contribution is -2.34. The lowest BCUT2D eigenvalue weighted by Gasteiger charge is -2.34. The van der Waals surface area contributed by atoms with Crippen molar-refractivity contribution >= 4 is 38.0 Å². The van der Waals surface area contributed by atoms with Crippen molar-refractivity contribution in [1.82, 2.24) is 4.98 Å². The van der Waals surface area contributed by atoms with Crippen LogP contribution in [0, 0.1) is 17.6 Å². The van der Waals surface area contributed by atoms with Crippen molar-refractivity contribution in [2.24, 2.45) is 5.92 Å². The molecule has 0 bridgehead atoms. The average Bonchev–Trinajstić information content (AvgIpc) is 2.70. The van der Waals surface area contributed by atoms with Crippen LogP contribution in [-0.2, 0) is 9.84 Å². The lowest BCUT2D eigenvalue weighted by molar-refractivity contribution is 0.437. The van der Waals surface area contributed by atoms with E-state index in [4.69, 9.17) is 11.6 Å². The smallest absolute Gasteiger partial charge is 0.210 e. The van der Waals surface area contributed by atoms with Gasteiger partial charge in [-0.3, -0.25) is 4.98 Å². The van der Waals surface area contributed by atoms with E-state index in [1.165, 1.54) is 18.3 Å². The van der Waals surface area contributed by atoms with E-state index in [0.717, 1.165) is 25.0 Å². The topological polar surface area (TPSA) is 50.3 Å². The Labute approximate surface area is 173 Å². The molecule has 1 aromatic heterocycles. The van der Waals surface area contributed by atoms with Crippen LogP contribution in [0.15, 0.2) is 52.4 Å². The molecule has 0 N–H and O–H groups in total. The molecule has 0 aliphatic carbocycles. The zero-order chi connectivity index (χ0) is 20.8. The van der Waals surface area contributed by atoms with Crippen LogP contribution in [0.2, 0.25) is 5.02 Å². The normalized spacial score (nSPS) is 15.8. The van der Waals surface area contributed by atoms with Gasteiger partial charge in [0.15, 0.2) is 0 Å². The number of piperidine rings is 1. The Morgan fingerprint density at radius 1 is 1.10 bits per heavy atom. The molecule has 0 atom stereocenters. The molecule has 4 nitrogen and oxygen atoms in total. The summed E-state index contributed by atoms with van der Waals surface area (Å²) in [6, 6.07) is 7.80. The quantitative estimate of drug-likeness (QED) is 0.527. The van der Waals surface area contributed by atoms with E-state index in [1.54, 1.807) is 12.1 Å². The number of benzene rings is 2. The van der Waals surface area contributed by atoms with E-state index < -0.39 is 21.5 Å². The highest BCUT2D eigenvalue weighted by atomic mass is 35.5. The molecule has 2 heterocycles. The minimum absolute atomic E-state index is 0.0344. The van der Waals surface area contributed by atoms with Gasteiger partial charge in [0.1, 0.15) is 22.0 Å². The summed E-state index contributed by atoms with van der Waals surface area (Å²) in [5, 5.41) is 0.160. The Bertz CT molecular complexity index is 1190. The second-order valence-electron chi connectivity index (χ2n) is 7.36. The van der Waals surface area contributed by atoms with Crippen molar-refractivity contribution in [2.75, 3.05) is 18.0 Å². The van der Waals surface area contributed by atoms with Gasteiger partial charge in [0.2, 0.25) is 9.84 Å². The van der Waals surface area contributed by atoms with E-state index in [9.17, 15) is 17.2 Å². The van der Waals surface area contributed by atoms with Crippen molar-refractivity contribution < 1.29 is 17.2 Å². The number of hydrogen-bond acceptors (Lipinski definition) is 4. The monoisotopic (exact) mass is 436 g/mol. The number of rotatable bonds is 3. The van der Waals surface area contributed by atoms with Crippen LogP contribution in [-0.4, -0.2) is 26.5 Å². The average molecular weight is 437 g/mol. The molecule has 0 radical (unpaired) electrons. The molecule has 2 aromatic carbocycles. The fourth-order valence-electron chi connectivity index (χ4n) is 3.68. The second-order valence-corrected chi connectivity index (χ2v) is 9.68. The number of hydrogen-bond donors (Lipinski definition) is 0. The number of sulfone groups is 1. The van der Waals surface area contributed by atoms with Crippen LogP contribution in [0.5, 0.6) is 0 Å². The van der Waals surface area contributed by atoms with E-state index in [0.29, 0.717) is 30.1 Å². The summed E-state index contributed by atoms with van der Waals surface area (Å²) >= 11 is 5.81. The zero-order valence-corrected chi connectivity index (χ0v) is 17.3. The molecule has 29 heavy (non-hydrogen) atoms. The van der Waals surface area contributed by atoms with Gasteiger partial charge in [-0.15, -0.1) is 0 Å². The van der Waals surface area contributed by atoms with Gasteiger partial charge in [-0.25, -0.2) is 17.2 Å². The summed E-state index contributed by atoms with van der Waals surface area (Å²) in [5.74, 6) is -0.676. The number of para-hydroxylation sites is 1. The molecule has 4 rings (SSSR count). The number of pyridine rings is 1. The summed E-state index contributed by atoms with van der Waals surface area (Å²) in [6.07, 6.45) is 2.99. The third-order valence-electron chi connectivity index (χ3n) is 5.38. The van der Waals surface area contributed by atoms with Crippen molar-refractivity contribution in [3.8, 4) is 0 Å². The first-order chi connectivity index (χ1) is 13.8. The molecule has 0 amide bonds. The molecule has 1 fully saturated rings. The standard InChI is InChI=1S/C21H19ClF2N2O2S/c1-13-7-9-26(10-8-13)21-15-3-2-4-18(24)20(15)25-12-19(21)29(27,28)14-5-6-17(23)16(22)11-14/h2-6,11-13H,7-10H2,1H3. The van der Waals surface area contributed by atoms with Crippen LogP contribution in [0.25, 0.3) is 10.9 Å². The van der Waals surface area contributed by atoms with Crippen LogP contribution >= 0.6 is 11.6 Å². The summed E-state index contributed by atoms with van der Waals surface area (Å²) in [5.41, 5.74) is 0.555. The Balaban J connectivity index is 1.96. The largest absolute Gasteiger partial charge is 0.370 e. The number of halogens is 3. The van der Waals surface area contributed by atoms with Gasteiger partial charge >= 0.3 is 0 Å². The van der Waals surface area contributed by atoms with E-state index >= 15 is 0 Å². The fourth-order valence-corrected chi connectivity index (χ4v) is 5.39. The minimum Gasteiger partial charge on any atom is -0.370 e. The predicted octanol–water partition coefficient (Wildman–Crippen LogP) is 5.24. The van der Waals surface area contributed by atoms with Gasteiger partial charge < -0.3 is 4.90 Å². The molecule has 152 valence electrons. The van der Waals surface area contributed by atoms with Crippen molar-refractivity contribution in [2.45, 2.75) is 29.6 Å². The van der Waals surface area contributed by atoms with Crippen LogP contribution in [0.3, 0.4) is 0 Å². The molecular formula is C21H19ClF2N2O2S. The number of anilines is 1. The fraction of sp³-hybridized carbons (Fsp3) is 0.286. The van der Waals surface area contributed by atoms with Gasteiger partial charge in [0.25, 0.3) is 0 Å². The van der Waals surface area contributed by atoms with Gasteiger partial charge in [-0.2, -0.15) is 0 Å². The summed E-state index contributed by atoms with van der Waals surface area (Å²) in [7, 11) is -4.05. The second kappa shape index (κ2) is 7.54. The molecule has 0 saturated carbocycles. The van der Waals surface area contributed by atoms with Crippen molar-refractivity contribution in [1.29, 1.82) is 0 Å². The molecular weight excluding hydrogens is 418 g/mol. The predicted molar refractivity (Wildman–Crippen MR) is 109 cm³/mol. The Morgan fingerprint density at radius 3 is 2.52 bits per heavy atom. The number of nitrogens with zero attached hydrogens (tertiary/aromatic N) is 2. The summed E-state index contributed by atoms with van der Waals surface area (Å²) in [6.45, 7) is 3.47. The van der Waals surface area contributed by atoms with Gasteiger partial charge in [-0.1, -0.05) is 30.7 Å². The number of aromatic nitrogens is 1. The molecule has 0 unspecified atom stereocenters. The third-order valence-corrected chi connectivity index (χ3v) is 7.42. The van der Waals surface area contributed by atoms with Gasteiger partial charge in [-0.05, 0) is 43.0 Å². The van der Waals surface area contributed by atoms with E-state index in [2.05, 4.69) is 11.9 Å². The van der Waals surface area contributed by atoms with Gasteiger partial charge in [0, 0.05) is 24.7 Å². The maximum absolute atomic E-state index is 14.4. The lowest BCUT2D eigenvalue weighted by atomic mass is 9.98. The number of fused-ring (bicyclic) bond motifs is 1.